The van der Waals surface area contributed by atoms with Crippen molar-refractivity contribution in [3.63, 3.8) is 0 Å². The van der Waals surface area contributed by atoms with Gasteiger partial charge in [0.1, 0.15) is 0 Å². The second kappa shape index (κ2) is 4.52. The Labute approximate surface area is 113 Å². The zero-order valence-electron chi connectivity index (χ0n) is 9.35. The van der Waals surface area contributed by atoms with E-state index in [0.717, 1.165) is 26.2 Å². The zero-order valence-corrected chi connectivity index (χ0v) is 10.9. The number of halogens is 1. The summed E-state index contributed by atoms with van der Waals surface area (Å²) in [5, 5.41) is 9.56. The Morgan fingerprint density at radius 2 is 1.94 bits per heavy atom. The van der Waals surface area contributed by atoms with Crippen LogP contribution in [-0.4, -0.2) is 5.67 Å². The molecule has 0 aromatic heterocycles. The van der Waals surface area contributed by atoms with Gasteiger partial charge in [-0.1, -0.05) is 35.9 Å². The van der Waals surface area contributed by atoms with Crippen LogP contribution in [0.1, 0.15) is 0 Å². The van der Waals surface area contributed by atoms with E-state index in [1.54, 1.807) is 17.4 Å². The van der Waals surface area contributed by atoms with Gasteiger partial charge in [0.2, 0.25) is 0 Å². The number of hydrogen-bond donors (Lipinski definition) is 1. The van der Waals surface area contributed by atoms with Gasteiger partial charge < -0.3 is 5.41 Å². The van der Waals surface area contributed by atoms with Crippen LogP contribution in [0.4, 0.5) is 5.69 Å². The molecule has 0 spiro atoms. The molecule has 0 saturated carbocycles. The molecule has 0 radical (unpaired) electrons. The molecule has 88 valence electrons. The van der Waals surface area contributed by atoms with E-state index in [0.29, 0.717) is 5.36 Å². The van der Waals surface area contributed by atoms with Gasteiger partial charge in [-0.2, -0.15) is 0 Å². The normalized spacial score (nSPS) is 11.6. The van der Waals surface area contributed by atoms with Gasteiger partial charge in [0.15, 0.2) is 0 Å². The van der Waals surface area contributed by atoms with E-state index < -0.39 is 0 Å². The minimum absolute atomic E-state index is 0.478. The summed E-state index contributed by atoms with van der Waals surface area (Å²) in [5.41, 5.74) is 2.90. The van der Waals surface area contributed by atoms with Gasteiger partial charge in [-0.25, -0.2) is 4.99 Å². The first-order valence-corrected chi connectivity index (χ1v) is 6.68. The monoisotopic (exact) mass is 272 g/mol. The van der Waals surface area contributed by atoms with E-state index in [1.807, 2.05) is 30.3 Å². The molecule has 1 aliphatic heterocycles. The van der Waals surface area contributed by atoms with Gasteiger partial charge in [-0.05, 0) is 18.2 Å². The molecule has 0 fully saturated rings. The molecule has 1 heterocycles. The summed E-state index contributed by atoms with van der Waals surface area (Å²) in [6.07, 6.45) is 0. The van der Waals surface area contributed by atoms with E-state index >= 15 is 0 Å². The molecule has 4 heteroatoms. The molecule has 1 N–H and O–H groups in total. The Hall–Kier alpha value is -1.71. The molecule has 0 unspecified atom stereocenters. The fourth-order valence-corrected chi connectivity index (χ4v) is 3.26. The summed E-state index contributed by atoms with van der Waals surface area (Å²) in [6, 6.07) is 13.7. The van der Waals surface area contributed by atoms with Crippen LogP contribution in [0.15, 0.2) is 47.5 Å². The summed E-state index contributed by atoms with van der Waals surface area (Å²) in [5.74, 6) is 0. The molecule has 0 saturated heterocycles. The van der Waals surface area contributed by atoms with Crippen molar-refractivity contribution in [3.05, 3.63) is 47.8 Å². The van der Waals surface area contributed by atoms with Crippen molar-refractivity contribution in [1.29, 1.82) is 5.41 Å². The smallest absolute Gasteiger partial charge is 0.0934 e. The number of rotatable bonds is 1. The number of nitrogens with one attached hydrogen (secondary N) is 1. The quantitative estimate of drug-likeness (QED) is 0.504. The molecule has 18 heavy (non-hydrogen) atoms. The molecule has 2 aliphatic rings. The maximum atomic E-state index is 8.05. The Balaban J connectivity index is 2.60. The van der Waals surface area contributed by atoms with Crippen LogP contribution in [-0.2, 0) is 0 Å². The zero-order chi connectivity index (χ0) is 12.5. The van der Waals surface area contributed by atoms with E-state index in [-0.39, 0.29) is 0 Å². The van der Waals surface area contributed by atoms with Gasteiger partial charge in [-0.15, -0.1) is 11.3 Å². The second-order valence-corrected chi connectivity index (χ2v) is 5.13. The van der Waals surface area contributed by atoms with Crippen molar-refractivity contribution < 1.29 is 0 Å². The van der Waals surface area contributed by atoms with E-state index in [4.69, 9.17) is 17.0 Å². The molecule has 1 aromatic carbocycles. The number of aliphatic imine (C=N–C) groups is 1. The average molecular weight is 273 g/mol. The largest absolute Gasteiger partial charge is 0.300 e. The third-order valence-electron chi connectivity index (χ3n) is 2.80. The summed E-state index contributed by atoms with van der Waals surface area (Å²) in [4.78, 5) is 5.31. The third kappa shape index (κ3) is 1.72. The molecular formula is C14H9ClN2S. The molecule has 2 nitrogen and oxygen atoms in total. The molecule has 3 rings (SSSR count). The Bertz CT molecular complexity index is 776. The topological polar surface area (TPSA) is 36.2 Å². The lowest BCUT2D eigenvalue weighted by Gasteiger charge is -2.11. The third-order valence-corrected chi connectivity index (χ3v) is 4.04. The first-order chi connectivity index (χ1) is 8.81. The van der Waals surface area contributed by atoms with Gasteiger partial charge in [0.05, 0.1) is 16.7 Å². The average Bonchev–Trinajstić information content (AvgIpc) is 2.39. The first-order valence-electron chi connectivity index (χ1n) is 5.43. The SMILES string of the molecule is N=c1cccc2sc3ccccc3c(/N=C/Cl)c1-2. The van der Waals surface area contributed by atoms with Crippen molar-refractivity contribution in [2.45, 2.75) is 0 Å². The van der Waals surface area contributed by atoms with Crippen molar-refractivity contribution in [3.8, 4) is 10.4 Å². The lowest BCUT2D eigenvalue weighted by Crippen LogP contribution is -2.03. The second-order valence-electron chi connectivity index (χ2n) is 3.85. The molecule has 1 aromatic rings. The summed E-state index contributed by atoms with van der Waals surface area (Å²) in [7, 11) is 0. The van der Waals surface area contributed by atoms with Crippen LogP contribution < -0.4 is 5.36 Å². The summed E-state index contributed by atoms with van der Waals surface area (Å²) in [6.45, 7) is 0. The Morgan fingerprint density at radius 1 is 1.11 bits per heavy atom. The van der Waals surface area contributed by atoms with Crippen LogP contribution in [0.5, 0.6) is 0 Å². The maximum absolute atomic E-state index is 8.05. The highest BCUT2D eigenvalue weighted by Crippen LogP contribution is 2.40. The molecule has 0 amide bonds. The molecule has 0 bridgehead atoms. The van der Waals surface area contributed by atoms with Gasteiger partial charge in [0.25, 0.3) is 0 Å². The van der Waals surface area contributed by atoms with Crippen molar-refractivity contribution in [2.24, 2.45) is 4.99 Å². The van der Waals surface area contributed by atoms with Crippen LogP contribution in [0.2, 0.25) is 0 Å². The summed E-state index contributed by atoms with van der Waals surface area (Å²) < 4.78 is 1.15. The van der Waals surface area contributed by atoms with Crippen molar-refractivity contribution in [1.82, 2.24) is 0 Å². The van der Waals surface area contributed by atoms with Gasteiger partial charge in [0, 0.05) is 20.5 Å². The van der Waals surface area contributed by atoms with Crippen LogP contribution in [0, 0.1) is 5.41 Å². The Morgan fingerprint density at radius 3 is 2.78 bits per heavy atom. The van der Waals surface area contributed by atoms with Gasteiger partial charge in [-0.3, -0.25) is 0 Å². The number of nitrogens with zero attached hydrogens (tertiary/aromatic N) is 1. The minimum Gasteiger partial charge on any atom is -0.300 e. The predicted molar refractivity (Wildman–Crippen MR) is 78.3 cm³/mol. The number of fused-ring (bicyclic) bond motifs is 2. The van der Waals surface area contributed by atoms with Gasteiger partial charge >= 0.3 is 0 Å². The lowest BCUT2D eigenvalue weighted by molar-refractivity contribution is 1.28. The number of benzene rings is 2. The van der Waals surface area contributed by atoms with Crippen LogP contribution >= 0.6 is 22.9 Å². The van der Waals surface area contributed by atoms with E-state index in [2.05, 4.69) is 11.1 Å². The standard InChI is InChI=1S/C14H9ClN2S/c15-8-17-14-9-4-1-2-6-11(9)18-12-7-3-5-10(16)13(12)14/h1-8,16H/b16-10?,17-8+. The number of hydrogen-bond acceptors (Lipinski definition) is 3. The van der Waals surface area contributed by atoms with Crippen LogP contribution in [0.3, 0.4) is 0 Å². The predicted octanol–water partition coefficient (Wildman–Crippen LogP) is 4.38. The maximum Gasteiger partial charge on any atom is 0.0934 e. The highest BCUT2D eigenvalue weighted by Gasteiger charge is 2.13. The lowest BCUT2D eigenvalue weighted by atomic mass is 10.1. The highest BCUT2D eigenvalue weighted by atomic mass is 35.5. The van der Waals surface area contributed by atoms with Crippen LogP contribution in [0.25, 0.3) is 20.5 Å². The molecular weight excluding hydrogens is 264 g/mol. The van der Waals surface area contributed by atoms with Crippen molar-refractivity contribution in [2.75, 3.05) is 0 Å². The Kier molecular flexibility index (Phi) is 2.86. The van der Waals surface area contributed by atoms with Crippen molar-refractivity contribution >= 4 is 44.4 Å². The first kappa shape index (κ1) is 11.4. The highest BCUT2D eigenvalue weighted by molar-refractivity contribution is 7.21. The van der Waals surface area contributed by atoms with E-state index in [1.165, 1.54) is 5.67 Å². The van der Waals surface area contributed by atoms with E-state index in [9.17, 15) is 0 Å². The fourth-order valence-electron chi connectivity index (χ4n) is 2.05. The molecule has 0 atom stereocenters. The minimum atomic E-state index is 0.478. The summed E-state index contributed by atoms with van der Waals surface area (Å²) >= 11 is 7.31. The fraction of sp³-hybridized carbons (Fsp3) is 0. The molecule has 1 aliphatic carbocycles.